The molecule has 0 aromatic carbocycles. The van der Waals surface area contributed by atoms with Crippen LogP contribution in [0.3, 0.4) is 0 Å². The van der Waals surface area contributed by atoms with Crippen molar-refractivity contribution in [2.45, 2.75) is 32.7 Å². The van der Waals surface area contributed by atoms with Gasteiger partial charge in [0.25, 0.3) is 0 Å². The van der Waals surface area contributed by atoms with Crippen molar-refractivity contribution in [2.24, 2.45) is 11.7 Å². The average Bonchev–Trinajstić information content (AvgIpc) is 2.96. The van der Waals surface area contributed by atoms with E-state index in [4.69, 9.17) is 5.73 Å². The van der Waals surface area contributed by atoms with Gasteiger partial charge < -0.3 is 11.1 Å². The van der Waals surface area contributed by atoms with Gasteiger partial charge in [0.05, 0.1) is 17.7 Å². The number of rotatable bonds is 6. The molecule has 1 unspecified atom stereocenters. The van der Waals surface area contributed by atoms with Gasteiger partial charge in [0.15, 0.2) is 0 Å². The minimum atomic E-state index is -0.390. The first-order valence-corrected chi connectivity index (χ1v) is 8.18. The molecule has 2 heterocycles. The number of hydrogen-bond donors (Lipinski definition) is 2. The molecule has 0 radical (unpaired) electrons. The van der Waals surface area contributed by atoms with Crippen molar-refractivity contribution in [2.75, 3.05) is 6.54 Å². The molecule has 2 aromatic rings. The van der Waals surface area contributed by atoms with Crippen LogP contribution in [-0.2, 0) is 11.2 Å². The molecule has 1 amide bonds. The summed E-state index contributed by atoms with van der Waals surface area (Å²) in [4.78, 5) is 20.8. The van der Waals surface area contributed by atoms with Crippen LogP contribution in [-0.4, -0.2) is 28.0 Å². The topological polar surface area (TPSA) is 80.9 Å². The van der Waals surface area contributed by atoms with Gasteiger partial charge >= 0.3 is 0 Å². The summed E-state index contributed by atoms with van der Waals surface area (Å²) in [6.07, 6.45) is 3.76. The number of pyridine rings is 1. The molecule has 22 heavy (non-hydrogen) atoms. The maximum atomic E-state index is 12.2. The van der Waals surface area contributed by atoms with Crippen LogP contribution < -0.4 is 11.1 Å². The van der Waals surface area contributed by atoms with E-state index in [2.05, 4.69) is 29.1 Å². The van der Waals surface area contributed by atoms with E-state index < -0.39 is 0 Å². The number of aromatic nitrogens is 2. The SMILES string of the molecule is CC(C)C(C)(CN)NC(=O)Cc1csc(-c2cccnc2)n1. The molecule has 0 saturated heterocycles. The molecule has 1 atom stereocenters. The van der Waals surface area contributed by atoms with Crippen LogP contribution in [0.5, 0.6) is 0 Å². The smallest absolute Gasteiger partial charge is 0.226 e. The van der Waals surface area contributed by atoms with Crippen LogP contribution in [0.4, 0.5) is 0 Å². The van der Waals surface area contributed by atoms with E-state index in [9.17, 15) is 4.79 Å². The van der Waals surface area contributed by atoms with E-state index in [-0.39, 0.29) is 23.8 Å². The number of carbonyl (C=O) groups is 1. The van der Waals surface area contributed by atoms with Crippen molar-refractivity contribution in [3.05, 3.63) is 35.6 Å². The molecule has 0 saturated carbocycles. The third-order valence-electron chi connectivity index (χ3n) is 3.93. The predicted molar refractivity (Wildman–Crippen MR) is 89.5 cm³/mol. The summed E-state index contributed by atoms with van der Waals surface area (Å²) in [6.45, 7) is 6.49. The van der Waals surface area contributed by atoms with E-state index >= 15 is 0 Å². The van der Waals surface area contributed by atoms with Gasteiger partial charge in [-0.05, 0) is 25.0 Å². The van der Waals surface area contributed by atoms with Crippen LogP contribution in [0, 0.1) is 5.92 Å². The molecule has 0 aliphatic heterocycles. The first-order valence-electron chi connectivity index (χ1n) is 7.30. The summed E-state index contributed by atoms with van der Waals surface area (Å²) < 4.78 is 0. The van der Waals surface area contributed by atoms with E-state index in [1.165, 1.54) is 11.3 Å². The molecular weight excluding hydrogens is 296 g/mol. The molecular formula is C16H22N4OS. The summed E-state index contributed by atoms with van der Waals surface area (Å²) in [5, 5.41) is 5.82. The van der Waals surface area contributed by atoms with Crippen LogP contribution in [0.15, 0.2) is 29.9 Å². The second-order valence-electron chi connectivity index (χ2n) is 5.89. The molecule has 0 bridgehead atoms. The summed E-state index contributed by atoms with van der Waals surface area (Å²) in [5.74, 6) is 0.215. The Bertz CT molecular complexity index is 626. The Hall–Kier alpha value is -1.79. The van der Waals surface area contributed by atoms with Crippen LogP contribution in [0.25, 0.3) is 10.6 Å². The van der Waals surface area contributed by atoms with Gasteiger partial charge in [-0.25, -0.2) is 4.98 Å². The van der Waals surface area contributed by atoms with Gasteiger partial charge in [-0.2, -0.15) is 0 Å². The van der Waals surface area contributed by atoms with Crippen LogP contribution >= 0.6 is 11.3 Å². The lowest BCUT2D eigenvalue weighted by molar-refractivity contribution is -0.122. The lowest BCUT2D eigenvalue weighted by Crippen LogP contribution is -2.55. The van der Waals surface area contributed by atoms with Gasteiger partial charge in [0.2, 0.25) is 5.91 Å². The second-order valence-corrected chi connectivity index (χ2v) is 6.75. The first-order chi connectivity index (χ1) is 10.4. The van der Waals surface area contributed by atoms with Gasteiger partial charge in [0.1, 0.15) is 5.01 Å². The molecule has 2 rings (SSSR count). The lowest BCUT2D eigenvalue weighted by Gasteiger charge is -2.33. The number of nitrogens with zero attached hydrogens (tertiary/aromatic N) is 2. The second kappa shape index (κ2) is 6.98. The number of nitrogens with two attached hydrogens (primary N) is 1. The van der Waals surface area contributed by atoms with Crippen molar-refractivity contribution < 1.29 is 4.79 Å². The van der Waals surface area contributed by atoms with Crippen molar-refractivity contribution in [1.82, 2.24) is 15.3 Å². The minimum Gasteiger partial charge on any atom is -0.349 e. The van der Waals surface area contributed by atoms with Crippen molar-refractivity contribution in [1.29, 1.82) is 0 Å². The number of amides is 1. The Morgan fingerprint density at radius 2 is 2.27 bits per heavy atom. The highest BCUT2D eigenvalue weighted by molar-refractivity contribution is 7.13. The molecule has 0 fully saturated rings. The fourth-order valence-electron chi connectivity index (χ4n) is 1.97. The molecule has 5 nitrogen and oxygen atoms in total. The maximum absolute atomic E-state index is 12.2. The van der Waals surface area contributed by atoms with Crippen LogP contribution in [0.1, 0.15) is 26.5 Å². The fourth-order valence-corrected chi connectivity index (χ4v) is 2.78. The standard InChI is InChI=1S/C16H22N4OS/c1-11(2)16(3,10-17)20-14(21)7-13-9-22-15(19-13)12-5-4-6-18-8-12/h4-6,8-9,11H,7,10,17H2,1-3H3,(H,20,21). The summed E-state index contributed by atoms with van der Waals surface area (Å²) in [6, 6.07) is 3.83. The van der Waals surface area contributed by atoms with E-state index in [0.29, 0.717) is 6.54 Å². The largest absolute Gasteiger partial charge is 0.349 e. The summed E-state index contributed by atoms with van der Waals surface area (Å²) in [5.41, 5.74) is 7.14. The Kier molecular flexibility index (Phi) is 5.26. The molecule has 118 valence electrons. The van der Waals surface area contributed by atoms with Crippen molar-refractivity contribution in [3.63, 3.8) is 0 Å². The van der Waals surface area contributed by atoms with Crippen LogP contribution in [0.2, 0.25) is 0 Å². The van der Waals surface area contributed by atoms with Gasteiger partial charge in [-0.15, -0.1) is 11.3 Å². The molecule has 0 spiro atoms. The molecule has 0 aliphatic carbocycles. The average molecular weight is 318 g/mol. The molecule has 6 heteroatoms. The van der Waals surface area contributed by atoms with Crippen molar-refractivity contribution >= 4 is 17.2 Å². The van der Waals surface area contributed by atoms with Gasteiger partial charge in [-0.3, -0.25) is 9.78 Å². The fraction of sp³-hybridized carbons (Fsp3) is 0.438. The zero-order valence-corrected chi connectivity index (χ0v) is 14.0. The monoisotopic (exact) mass is 318 g/mol. The summed E-state index contributed by atoms with van der Waals surface area (Å²) in [7, 11) is 0. The Balaban J connectivity index is 2.03. The predicted octanol–water partition coefficient (Wildman–Crippen LogP) is 2.24. The molecule has 0 aliphatic rings. The third-order valence-corrected chi connectivity index (χ3v) is 4.87. The number of carbonyl (C=O) groups excluding carboxylic acids is 1. The van der Waals surface area contributed by atoms with E-state index in [1.54, 1.807) is 12.4 Å². The summed E-state index contributed by atoms with van der Waals surface area (Å²) >= 11 is 1.52. The first kappa shape index (κ1) is 16.6. The number of thiazole rings is 1. The Morgan fingerprint density at radius 3 is 2.86 bits per heavy atom. The molecule has 2 aromatic heterocycles. The highest BCUT2D eigenvalue weighted by Gasteiger charge is 2.28. The van der Waals surface area contributed by atoms with E-state index in [0.717, 1.165) is 16.3 Å². The highest BCUT2D eigenvalue weighted by Crippen LogP contribution is 2.23. The number of nitrogens with one attached hydrogen (secondary N) is 1. The lowest BCUT2D eigenvalue weighted by atomic mass is 9.88. The zero-order valence-electron chi connectivity index (χ0n) is 13.2. The van der Waals surface area contributed by atoms with E-state index in [1.807, 2.05) is 24.4 Å². The maximum Gasteiger partial charge on any atom is 0.226 e. The zero-order chi connectivity index (χ0) is 16.2. The van der Waals surface area contributed by atoms with Gasteiger partial charge in [-0.1, -0.05) is 13.8 Å². The highest BCUT2D eigenvalue weighted by atomic mass is 32.1. The normalized spacial score (nSPS) is 13.9. The Morgan fingerprint density at radius 1 is 1.50 bits per heavy atom. The van der Waals surface area contributed by atoms with Crippen molar-refractivity contribution in [3.8, 4) is 10.6 Å². The number of hydrogen-bond acceptors (Lipinski definition) is 5. The Labute approximate surface area is 135 Å². The van der Waals surface area contributed by atoms with Gasteiger partial charge in [0, 0.05) is 29.9 Å². The molecule has 3 N–H and O–H groups in total. The quantitative estimate of drug-likeness (QED) is 0.856. The minimum absolute atomic E-state index is 0.0512. The third kappa shape index (κ3) is 3.90.